The van der Waals surface area contributed by atoms with Crippen molar-refractivity contribution < 1.29 is 19.4 Å². The van der Waals surface area contributed by atoms with E-state index in [1.54, 1.807) is 0 Å². The van der Waals surface area contributed by atoms with Crippen LogP contribution in [0.15, 0.2) is 30.3 Å². The fourth-order valence-corrected chi connectivity index (χ4v) is 1.52. The number of benzene rings is 1. The summed E-state index contributed by atoms with van der Waals surface area (Å²) in [4.78, 5) is 21.6. The summed E-state index contributed by atoms with van der Waals surface area (Å²) in [6.45, 7) is 3.18. The number of rotatable bonds is 6. The van der Waals surface area contributed by atoms with E-state index in [1.165, 1.54) is 6.92 Å². The fourth-order valence-electron chi connectivity index (χ4n) is 1.52. The molecule has 0 saturated heterocycles. The number of carboxylic acid groups (broad SMARTS) is 1. The molecule has 0 radical (unpaired) electrons. The SMILES string of the molecule is CC(=O)O[C@H](CN[C@H](C)c1ccccc1)C(=O)O. The van der Waals surface area contributed by atoms with E-state index in [2.05, 4.69) is 5.32 Å². The second-order valence-electron chi connectivity index (χ2n) is 3.98. The van der Waals surface area contributed by atoms with Gasteiger partial charge < -0.3 is 15.2 Å². The fraction of sp³-hybridized carbons (Fsp3) is 0.385. The first-order chi connectivity index (χ1) is 8.50. The first-order valence-electron chi connectivity index (χ1n) is 5.69. The molecule has 2 atom stereocenters. The highest BCUT2D eigenvalue weighted by Gasteiger charge is 2.21. The second-order valence-corrected chi connectivity index (χ2v) is 3.98. The number of nitrogens with one attached hydrogen (secondary N) is 1. The van der Waals surface area contributed by atoms with Crippen LogP contribution >= 0.6 is 0 Å². The molecule has 0 aliphatic rings. The van der Waals surface area contributed by atoms with E-state index in [4.69, 9.17) is 9.84 Å². The van der Waals surface area contributed by atoms with Gasteiger partial charge in [0, 0.05) is 19.5 Å². The van der Waals surface area contributed by atoms with Crippen molar-refractivity contribution in [1.82, 2.24) is 5.32 Å². The molecular weight excluding hydrogens is 234 g/mol. The second kappa shape index (κ2) is 6.76. The lowest BCUT2D eigenvalue weighted by Crippen LogP contribution is -2.37. The summed E-state index contributed by atoms with van der Waals surface area (Å²) in [5.41, 5.74) is 1.05. The number of carbonyl (C=O) groups is 2. The van der Waals surface area contributed by atoms with Crippen LogP contribution in [-0.4, -0.2) is 29.7 Å². The summed E-state index contributed by atoms with van der Waals surface area (Å²) in [6.07, 6.45) is -1.16. The van der Waals surface area contributed by atoms with Crippen molar-refractivity contribution in [2.45, 2.75) is 26.0 Å². The normalized spacial score (nSPS) is 13.7. The van der Waals surface area contributed by atoms with Gasteiger partial charge in [-0.25, -0.2) is 4.79 Å². The van der Waals surface area contributed by atoms with Crippen molar-refractivity contribution in [2.75, 3.05) is 6.54 Å². The topological polar surface area (TPSA) is 75.6 Å². The Balaban J connectivity index is 2.52. The molecule has 18 heavy (non-hydrogen) atoms. The molecule has 1 aromatic rings. The molecule has 0 spiro atoms. The van der Waals surface area contributed by atoms with Crippen molar-refractivity contribution in [3.05, 3.63) is 35.9 Å². The summed E-state index contributed by atoms with van der Waals surface area (Å²) in [5.74, 6) is -1.76. The number of carbonyl (C=O) groups excluding carboxylic acids is 1. The van der Waals surface area contributed by atoms with Gasteiger partial charge in [0.2, 0.25) is 6.10 Å². The molecule has 1 rings (SSSR count). The standard InChI is InChI=1S/C13H17NO4/c1-9(11-6-4-3-5-7-11)14-8-12(13(16)17)18-10(2)15/h3-7,9,12,14H,8H2,1-2H3,(H,16,17)/t9-,12-/m1/s1. The molecule has 98 valence electrons. The number of hydrogen-bond acceptors (Lipinski definition) is 4. The van der Waals surface area contributed by atoms with E-state index in [-0.39, 0.29) is 12.6 Å². The van der Waals surface area contributed by atoms with Gasteiger partial charge in [-0.15, -0.1) is 0 Å². The van der Waals surface area contributed by atoms with Crippen LogP contribution in [0.4, 0.5) is 0 Å². The molecule has 5 heteroatoms. The summed E-state index contributed by atoms with van der Waals surface area (Å²) in [5, 5.41) is 11.9. The van der Waals surface area contributed by atoms with E-state index in [0.717, 1.165) is 5.56 Å². The largest absolute Gasteiger partial charge is 0.478 e. The van der Waals surface area contributed by atoms with Gasteiger partial charge in [0.1, 0.15) is 0 Å². The van der Waals surface area contributed by atoms with Gasteiger partial charge in [0.25, 0.3) is 0 Å². The molecule has 0 aliphatic heterocycles. The molecule has 0 fully saturated rings. The highest BCUT2D eigenvalue weighted by molar-refractivity contribution is 5.77. The van der Waals surface area contributed by atoms with Crippen LogP contribution in [0, 0.1) is 0 Å². The zero-order chi connectivity index (χ0) is 13.5. The predicted molar refractivity (Wildman–Crippen MR) is 66.0 cm³/mol. The van der Waals surface area contributed by atoms with E-state index in [1.807, 2.05) is 37.3 Å². The number of ether oxygens (including phenoxy) is 1. The first-order valence-corrected chi connectivity index (χ1v) is 5.69. The molecule has 0 heterocycles. The zero-order valence-corrected chi connectivity index (χ0v) is 10.4. The third-order valence-corrected chi connectivity index (χ3v) is 2.49. The first kappa shape index (κ1) is 14.2. The third-order valence-electron chi connectivity index (χ3n) is 2.49. The van der Waals surface area contributed by atoms with E-state index in [9.17, 15) is 9.59 Å². The zero-order valence-electron chi connectivity index (χ0n) is 10.4. The summed E-state index contributed by atoms with van der Waals surface area (Å²) < 4.78 is 4.70. The van der Waals surface area contributed by atoms with Gasteiger partial charge in [-0.3, -0.25) is 4.79 Å². The molecule has 0 saturated carbocycles. The van der Waals surface area contributed by atoms with Crippen molar-refractivity contribution >= 4 is 11.9 Å². The predicted octanol–water partition coefficient (Wildman–Crippen LogP) is 1.35. The van der Waals surface area contributed by atoms with Crippen LogP contribution < -0.4 is 5.32 Å². The van der Waals surface area contributed by atoms with Gasteiger partial charge in [0.15, 0.2) is 0 Å². The Morgan fingerprint density at radius 1 is 1.33 bits per heavy atom. The number of carboxylic acids is 1. The van der Waals surface area contributed by atoms with E-state index in [0.29, 0.717) is 0 Å². The van der Waals surface area contributed by atoms with Crippen molar-refractivity contribution in [3.63, 3.8) is 0 Å². The van der Waals surface area contributed by atoms with Crippen LogP contribution in [0.2, 0.25) is 0 Å². The summed E-state index contributed by atoms with van der Waals surface area (Å²) in [6, 6.07) is 9.61. The van der Waals surface area contributed by atoms with Gasteiger partial charge in [0.05, 0.1) is 0 Å². The molecule has 5 nitrogen and oxygen atoms in total. The van der Waals surface area contributed by atoms with Gasteiger partial charge >= 0.3 is 11.9 Å². The average Bonchev–Trinajstić information content (AvgIpc) is 2.34. The van der Waals surface area contributed by atoms with Crippen LogP contribution in [0.25, 0.3) is 0 Å². The van der Waals surface area contributed by atoms with Crippen molar-refractivity contribution in [2.24, 2.45) is 0 Å². The maximum Gasteiger partial charge on any atom is 0.346 e. The molecule has 0 unspecified atom stereocenters. The summed E-state index contributed by atoms with van der Waals surface area (Å²) >= 11 is 0. The van der Waals surface area contributed by atoms with E-state index < -0.39 is 18.0 Å². The Hall–Kier alpha value is -1.88. The molecule has 0 aromatic heterocycles. The lowest BCUT2D eigenvalue weighted by atomic mass is 10.1. The van der Waals surface area contributed by atoms with Crippen molar-refractivity contribution in [1.29, 1.82) is 0 Å². The monoisotopic (exact) mass is 251 g/mol. The number of hydrogen-bond donors (Lipinski definition) is 2. The Labute approximate surface area is 106 Å². The van der Waals surface area contributed by atoms with Crippen LogP contribution in [0.5, 0.6) is 0 Å². The van der Waals surface area contributed by atoms with Gasteiger partial charge in [-0.1, -0.05) is 30.3 Å². The maximum atomic E-state index is 10.9. The molecule has 0 bridgehead atoms. The molecule has 0 amide bonds. The van der Waals surface area contributed by atoms with Crippen molar-refractivity contribution in [3.8, 4) is 0 Å². The Morgan fingerprint density at radius 3 is 2.44 bits per heavy atom. The Bertz CT molecular complexity index is 405. The minimum Gasteiger partial charge on any atom is -0.478 e. The van der Waals surface area contributed by atoms with Gasteiger partial charge in [-0.05, 0) is 12.5 Å². The number of aliphatic carboxylic acids is 1. The Kier molecular flexibility index (Phi) is 5.32. The highest BCUT2D eigenvalue weighted by Crippen LogP contribution is 2.11. The minimum atomic E-state index is -1.16. The lowest BCUT2D eigenvalue weighted by Gasteiger charge is -2.18. The molecular formula is C13H17NO4. The average molecular weight is 251 g/mol. The quantitative estimate of drug-likeness (QED) is 0.746. The van der Waals surface area contributed by atoms with Crippen LogP contribution in [-0.2, 0) is 14.3 Å². The number of esters is 1. The molecule has 1 aromatic carbocycles. The molecule has 2 N–H and O–H groups in total. The Morgan fingerprint density at radius 2 is 1.94 bits per heavy atom. The summed E-state index contributed by atoms with van der Waals surface area (Å²) in [7, 11) is 0. The molecule has 0 aliphatic carbocycles. The maximum absolute atomic E-state index is 10.9. The van der Waals surface area contributed by atoms with E-state index >= 15 is 0 Å². The minimum absolute atomic E-state index is 0.0105. The van der Waals surface area contributed by atoms with Gasteiger partial charge in [-0.2, -0.15) is 0 Å². The van der Waals surface area contributed by atoms with Crippen LogP contribution in [0.3, 0.4) is 0 Å². The van der Waals surface area contributed by atoms with Crippen LogP contribution in [0.1, 0.15) is 25.5 Å². The smallest absolute Gasteiger partial charge is 0.346 e. The highest BCUT2D eigenvalue weighted by atomic mass is 16.6. The third kappa shape index (κ3) is 4.55. The lowest BCUT2D eigenvalue weighted by molar-refractivity contribution is -0.162.